The van der Waals surface area contributed by atoms with Gasteiger partial charge in [0, 0.05) is 0 Å². The van der Waals surface area contributed by atoms with E-state index < -0.39 is 0 Å². The Morgan fingerprint density at radius 3 is 2.53 bits per heavy atom. The lowest BCUT2D eigenvalue weighted by Gasteiger charge is -2.09. The molecule has 0 radical (unpaired) electrons. The summed E-state index contributed by atoms with van der Waals surface area (Å²) in [6.45, 7) is 9.62. The Morgan fingerprint density at radius 2 is 1.89 bits per heavy atom. The summed E-state index contributed by atoms with van der Waals surface area (Å²) in [7, 11) is 0. The van der Waals surface area contributed by atoms with Gasteiger partial charge in [0.25, 0.3) is 0 Å². The van der Waals surface area contributed by atoms with Gasteiger partial charge in [-0.2, -0.15) is 0 Å². The molecular weight excluding hydrogens is 236 g/mol. The molecule has 0 atom stereocenters. The molecule has 0 aromatic rings. The van der Waals surface area contributed by atoms with E-state index in [0.717, 1.165) is 18.6 Å². The van der Waals surface area contributed by atoms with Crippen LogP contribution in [-0.4, -0.2) is 19.3 Å². The van der Waals surface area contributed by atoms with Gasteiger partial charge in [0.05, 0.1) is 12.7 Å². The van der Waals surface area contributed by atoms with Crippen molar-refractivity contribution in [2.24, 2.45) is 0 Å². The highest BCUT2D eigenvalue weighted by Crippen LogP contribution is 2.03. The Kier molecular flexibility index (Phi) is 12.7. The van der Waals surface area contributed by atoms with E-state index in [-0.39, 0.29) is 6.10 Å². The highest BCUT2D eigenvalue weighted by Gasteiger charge is 1.95. The number of allylic oxidation sites excluding steroid dienone is 5. The number of hydrogen-bond donors (Lipinski definition) is 0. The molecule has 0 bridgehead atoms. The number of unbranched alkanes of at least 4 members (excludes halogenated alkanes) is 2. The van der Waals surface area contributed by atoms with Gasteiger partial charge in [0.1, 0.15) is 12.4 Å². The van der Waals surface area contributed by atoms with Crippen LogP contribution in [0.5, 0.6) is 0 Å². The Bertz CT molecular complexity index is 275. The van der Waals surface area contributed by atoms with E-state index in [4.69, 9.17) is 9.47 Å². The summed E-state index contributed by atoms with van der Waals surface area (Å²) in [5.41, 5.74) is 0. The largest absolute Gasteiger partial charge is 0.491 e. The topological polar surface area (TPSA) is 18.5 Å². The van der Waals surface area contributed by atoms with E-state index in [1.54, 1.807) is 0 Å². The number of rotatable bonds is 11. The van der Waals surface area contributed by atoms with Crippen LogP contribution in [0.1, 0.15) is 53.4 Å². The molecule has 0 N–H and O–H groups in total. The van der Waals surface area contributed by atoms with E-state index in [2.05, 4.69) is 32.1 Å². The van der Waals surface area contributed by atoms with Crippen molar-refractivity contribution in [3.05, 3.63) is 36.1 Å². The smallest absolute Gasteiger partial charge is 0.119 e. The summed E-state index contributed by atoms with van der Waals surface area (Å²) in [5.74, 6) is 0.905. The maximum atomic E-state index is 5.70. The molecule has 110 valence electrons. The average molecular weight is 266 g/mol. The molecule has 0 aromatic carbocycles. The molecule has 2 heteroatoms. The summed E-state index contributed by atoms with van der Waals surface area (Å²) in [6.07, 6.45) is 15.3. The Labute approximate surface area is 119 Å². The maximum Gasteiger partial charge on any atom is 0.119 e. The first kappa shape index (κ1) is 18.0. The predicted molar refractivity (Wildman–Crippen MR) is 83.2 cm³/mol. The fourth-order valence-corrected chi connectivity index (χ4v) is 1.41. The normalized spacial score (nSPS) is 13.0. The zero-order chi connectivity index (χ0) is 14.3. The molecule has 0 aromatic heterocycles. The van der Waals surface area contributed by atoms with Gasteiger partial charge in [-0.3, -0.25) is 0 Å². The van der Waals surface area contributed by atoms with E-state index in [1.165, 1.54) is 12.8 Å². The zero-order valence-corrected chi connectivity index (χ0v) is 13.0. The second-order valence-corrected chi connectivity index (χ2v) is 4.72. The van der Waals surface area contributed by atoms with Crippen molar-refractivity contribution in [2.45, 2.75) is 59.5 Å². The molecular formula is C17H30O2. The highest BCUT2D eigenvalue weighted by atomic mass is 16.5. The number of hydrogen-bond acceptors (Lipinski definition) is 2. The minimum absolute atomic E-state index is 0.260. The Morgan fingerprint density at radius 1 is 1.11 bits per heavy atom. The van der Waals surface area contributed by atoms with Crippen LogP contribution in [0, 0.1) is 0 Å². The third-order valence-electron chi connectivity index (χ3n) is 2.44. The van der Waals surface area contributed by atoms with Crippen LogP contribution in [0.15, 0.2) is 36.1 Å². The van der Waals surface area contributed by atoms with Crippen LogP contribution in [0.2, 0.25) is 0 Å². The van der Waals surface area contributed by atoms with Crippen LogP contribution in [0.25, 0.3) is 0 Å². The second-order valence-electron chi connectivity index (χ2n) is 4.72. The quantitative estimate of drug-likeness (QED) is 0.297. The third-order valence-corrected chi connectivity index (χ3v) is 2.44. The molecule has 0 aliphatic carbocycles. The third kappa shape index (κ3) is 13.2. The van der Waals surface area contributed by atoms with Gasteiger partial charge in [-0.1, -0.05) is 44.9 Å². The standard InChI is InChI=1S/C17H30O2/c1-5-7-9-10-11-13-17(12-8-6-2)19-15-14-18-16(3)4/h8,10-13,16H,5-7,9,14-15H2,1-4H3/b11-10+,12-8-,17-13+. The van der Waals surface area contributed by atoms with Gasteiger partial charge < -0.3 is 9.47 Å². The lowest BCUT2D eigenvalue weighted by Crippen LogP contribution is -2.09. The monoisotopic (exact) mass is 266 g/mol. The molecule has 0 saturated carbocycles. The van der Waals surface area contributed by atoms with Crippen molar-refractivity contribution in [3.8, 4) is 0 Å². The van der Waals surface area contributed by atoms with Crippen molar-refractivity contribution >= 4 is 0 Å². The predicted octanol–water partition coefficient (Wildman–Crippen LogP) is 5.02. The molecule has 0 unspecified atom stereocenters. The number of ether oxygens (including phenoxy) is 2. The molecule has 0 saturated heterocycles. The summed E-state index contributed by atoms with van der Waals surface area (Å²) >= 11 is 0. The van der Waals surface area contributed by atoms with E-state index in [0.29, 0.717) is 13.2 Å². The van der Waals surface area contributed by atoms with Crippen LogP contribution < -0.4 is 0 Å². The Hall–Kier alpha value is -1.02. The molecule has 0 aliphatic rings. The summed E-state index contributed by atoms with van der Waals surface area (Å²) in [6, 6.07) is 0. The first-order chi connectivity index (χ1) is 9.20. The summed E-state index contributed by atoms with van der Waals surface area (Å²) in [5, 5.41) is 0. The van der Waals surface area contributed by atoms with E-state index in [1.807, 2.05) is 26.0 Å². The molecule has 0 amide bonds. The molecule has 2 nitrogen and oxygen atoms in total. The first-order valence-corrected chi connectivity index (χ1v) is 7.48. The minimum atomic E-state index is 0.260. The van der Waals surface area contributed by atoms with Crippen molar-refractivity contribution < 1.29 is 9.47 Å². The lowest BCUT2D eigenvalue weighted by molar-refractivity contribution is 0.0407. The molecule has 0 fully saturated rings. The van der Waals surface area contributed by atoms with E-state index >= 15 is 0 Å². The summed E-state index contributed by atoms with van der Waals surface area (Å²) in [4.78, 5) is 0. The fraction of sp³-hybridized carbons (Fsp3) is 0.647. The minimum Gasteiger partial charge on any atom is -0.491 e. The zero-order valence-electron chi connectivity index (χ0n) is 13.0. The molecule has 19 heavy (non-hydrogen) atoms. The Balaban J connectivity index is 4.10. The van der Waals surface area contributed by atoms with Crippen molar-refractivity contribution in [1.29, 1.82) is 0 Å². The van der Waals surface area contributed by atoms with Gasteiger partial charge in [0.2, 0.25) is 0 Å². The molecule has 0 aliphatic heterocycles. The van der Waals surface area contributed by atoms with E-state index in [9.17, 15) is 0 Å². The molecule has 0 rings (SSSR count). The van der Waals surface area contributed by atoms with Crippen LogP contribution in [0.4, 0.5) is 0 Å². The highest BCUT2D eigenvalue weighted by molar-refractivity contribution is 5.18. The fourth-order valence-electron chi connectivity index (χ4n) is 1.41. The molecule has 0 heterocycles. The van der Waals surface area contributed by atoms with Crippen LogP contribution in [0.3, 0.4) is 0 Å². The van der Waals surface area contributed by atoms with Gasteiger partial charge >= 0.3 is 0 Å². The van der Waals surface area contributed by atoms with Gasteiger partial charge in [-0.15, -0.1) is 0 Å². The summed E-state index contributed by atoms with van der Waals surface area (Å²) < 4.78 is 11.2. The SMILES string of the molecule is CC\C=C/C(=C\C=C\CCCC)OCCOC(C)C. The van der Waals surface area contributed by atoms with Crippen LogP contribution in [-0.2, 0) is 9.47 Å². The second kappa shape index (κ2) is 13.4. The van der Waals surface area contributed by atoms with Crippen molar-refractivity contribution in [1.82, 2.24) is 0 Å². The van der Waals surface area contributed by atoms with Gasteiger partial charge in [0.15, 0.2) is 0 Å². The van der Waals surface area contributed by atoms with Gasteiger partial charge in [-0.25, -0.2) is 0 Å². The maximum absolute atomic E-state index is 5.70. The van der Waals surface area contributed by atoms with Crippen LogP contribution >= 0.6 is 0 Å². The lowest BCUT2D eigenvalue weighted by atomic mass is 10.2. The van der Waals surface area contributed by atoms with Crippen molar-refractivity contribution in [2.75, 3.05) is 13.2 Å². The van der Waals surface area contributed by atoms with Crippen molar-refractivity contribution in [3.63, 3.8) is 0 Å². The molecule has 0 spiro atoms. The first-order valence-electron chi connectivity index (χ1n) is 7.48. The average Bonchev–Trinajstić information content (AvgIpc) is 2.39. The van der Waals surface area contributed by atoms with Gasteiger partial charge in [-0.05, 0) is 38.8 Å².